The van der Waals surface area contributed by atoms with E-state index >= 15 is 0 Å². The maximum atomic E-state index is 12.2. The normalized spacial score (nSPS) is 14.3. The number of benzene rings is 1. The molecule has 0 spiro atoms. The Morgan fingerprint density at radius 1 is 1.12 bits per heavy atom. The highest BCUT2D eigenvalue weighted by molar-refractivity contribution is 6.20. The summed E-state index contributed by atoms with van der Waals surface area (Å²) in [6.07, 6.45) is 6.00. The molecular formula is C19H16N4O. The van der Waals surface area contributed by atoms with E-state index in [9.17, 15) is 4.79 Å². The van der Waals surface area contributed by atoms with Crippen LogP contribution in [0.15, 0.2) is 52.4 Å². The van der Waals surface area contributed by atoms with Crippen molar-refractivity contribution < 1.29 is 0 Å². The molecule has 4 rings (SSSR count). The van der Waals surface area contributed by atoms with Crippen LogP contribution in [-0.2, 0) is 6.42 Å². The van der Waals surface area contributed by atoms with Gasteiger partial charge < -0.3 is 5.10 Å². The van der Waals surface area contributed by atoms with Gasteiger partial charge in [-0.3, -0.25) is 9.89 Å². The van der Waals surface area contributed by atoms with Crippen molar-refractivity contribution in [1.29, 1.82) is 0 Å². The minimum Gasteiger partial charge on any atom is -0.301 e. The molecule has 0 amide bonds. The van der Waals surface area contributed by atoms with Gasteiger partial charge in [-0.15, -0.1) is 0 Å². The monoisotopic (exact) mass is 316 g/mol. The molecule has 1 aromatic carbocycles. The van der Waals surface area contributed by atoms with E-state index < -0.39 is 0 Å². The predicted molar refractivity (Wildman–Crippen MR) is 95.7 cm³/mol. The van der Waals surface area contributed by atoms with Crippen LogP contribution in [0.2, 0.25) is 0 Å². The minimum absolute atomic E-state index is 0.129. The summed E-state index contributed by atoms with van der Waals surface area (Å²) >= 11 is 0. The number of rotatable bonds is 3. The molecule has 0 radical (unpaired) electrons. The number of fused-ring (bicyclic) bond motifs is 1. The molecular weight excluding hydrogens is 300 g/mol. The van der Waals surface area contributed by atoms with E-state index in [1.54, 1.807) is 12.4 Å². The van der Waals surface area contributed by atoms with E-state index in [0.717, 1.165) is 22.4 Å². The molecule has 1 aliphatic heterocycles. The van der Waals surface area contributed by atoms with Crippen molar-refractivity contribution in [3.05, 3.63) is 80.9 Å². The number of hydrogen-bond acceptors (Lipinski definition) is 3. The molecule has 5 heteroatoms. The molecule has 2 N–H and O–H groups in total. The topological polar surface area (TPSA) is 73.9 Å². The van der Waals surface area contributed by atoms with Crippen LogP contribution in [0.3, 0.4) is 0 Å². The van der Waals surface area contributed by atoms with E-state index in [4.69, 9.17) is 0 Å². The molecule has 2 aromatic heterocycles. The fraction of sp³-hybridized carbons (Fsp3) is 0.105. The van der Waals surface area contributed by atoms with Gasteiger partial charge in [0.15, 0.2) is 5.82 Å². The zero-order chi connectivity index (χ0) is 16.5. The fourth-order valence-electron chi connectivity index (χ4n) is 2.80. The molecule has 24 heavy (non-hydrogen) atoms. The third-order valence-corrected chi connectivity index (χ3v) is 4.12. The van der Waals surface area contributed by atoms with E-state index in [2.05, 4.69) is 51.4 Å². The Kier molecular flexibility index (Phi) is 3.46. The first-order valence-electron chi connectivity index (χ1n) is 7.77. The molecule has 0 aliphatic carbocycles. The van der Waals surface area contributed by atoms with Crippen molar-refractivity contribution in [2.24, 2.45) is 4.99 Å². The number of nitrogens with one attached hydrogen (secondary N) is 2. The first-order valence-corrected chi connectivity index (χ1v) is 7.77. The molecule has 0 saturated carbocycles. The second-order valence-corrected chi connectivity index (χ2v) is 5.87. The van der Waals surface area contributed by atoms with Crippen molar-refractivity contribution in [2.45, 2.75) is 13.3 Å². The number of nitrogens with zero attached hydrogens (tertiary/aromatic N) is 2. The lowest BCUT2D eigenvalue weighted by molar-refractivity contribution is 0.982. The number of H-pyrrole nitrogens is 2. The zero-order valence-electron chi connectivity index (χ0n) is 13.2. The number of aromatic nitrogens is 3. The smallest absolute Gasteiger partial charge is 0.271 e. The summed E-state index contributed by atoms with van der Waals surface area (Å²) in [4.78, 5) is 20.7. The molecule has 0 unspecified atom stereocenters. The lowest BCUT2D eigenvalue weighted by atomic mass is 10.0. The van der Waals surface area contributed by atoms with Gasteiger partial charge in [0.25, 0.3) is 5.56 Å². The Morgan fingerprint density at radius 3 is 2.79 bits per heavy atom. The fourth-order valence-corrected chi connectivity index (χ4v) is 2.80. The summed E-state index contributed by atoms with van der Waals surface area (Å²) in [6.45, 7) is 2.06. The van der Waals surface area contributed by atoms with Gasteiger partial charge in [-0.2, -0.15) is 0 Å². The Hall–Kier alpha value is -3.21. The molecule has 3 heterocycles. The van der Waals surface area contributed by atoms with E-state index in [1.165, 1.54) is 5.56 Å². The molecule has 0 fully saturated rings. The average Bonchev–Trinajstić information content (AvgIpc) is 3.16. The highest BCUT2D eigenvalue weighted by atomic mass is 16.1. The summed E-state index contributed by atoms with van der Waals surface area (Å²) in [7, 11) is 0. The Morgan fingerprint density at radius 2 is 1.96 bits per heavy atom. The average molecular weight is 316 g/mol. The van der Waals surface area contributed by atoms with Crippen LogP contribution in [0.25, 0.3) is 11.6 Å². The van der Waals surface area contributed by atoms with Crippen LogP contribution in [0.4, 0.5) is 5.82 Å². The number of aromatic amines is 2. The molecule has 0 bridgehead atoms. The maximum Gasteiger partial charge on any atom is 0.271 e. The molecule has 0 atom stereocenters. The Balaban J connectivity index is 1.71. The van der Waals surface area contributed by atoms with E-state index in [-0.39, 0.29) is 5.56 Å². The van der Waals surface area contributed by atoms with Gasteiger partial charge >= 0.3 is 0 Å². The summed E-state index contributed by atoms with van der Waals surface area (Å²) < 4.78 is 0. The Bertz CT molecular complexity index is 1010. The largest absolute Gasteiger partial charge is 0.301 e. The zero-order valence-corrected chi connectivity index (χ0v) is 13.2. The summed E-state index contributed by atoms with van der Waals surface area (Å²) in [5, 5.41) is 5.67. The first kappa shape index (κ1) is 14.4. The summed E-state index contributed by atoms with van der Waals surface area (Å²) in [5.74, 6) is 0.691. The van der Waals surface area contributed by atoms with Crippen molar-refractivity contribution in [3.8, 4) is 0 Å². The predicted octanol–water partition coefficient (Wildman–Crippen LogP) is 3.25. The number of hydrogen-bond donors (Lipinski definition) is 2. The van der Waals surface area contributed by atoms with Gasteiger partial charge in [-0.1, -0.05) is 29.8 Å². The number of allylic oxidation sites excluding steroid dienone is 1. The second kappa shape index (κ2) is 5.77. The van der Waals surface area contributed by atoms with Crippen molar-refractivity contribution in [3.63, 3.8) is 0 Å². The van der Waals surface area contributed by atoms with Crippen molar-refractivity contribution in [2.75, 3.05) is 0 Å². The van der Waals surface area contributed by atoms with E-state index in [1.807, 2.05) is 18.2 Å². The lowest BCUT2D eigenvalue weighted by Crippen LogP contribution is -2.03. The van der Waals surface area contributed by atoms with Gasteiger partial charge in [-0.05, 0) is 30.7 Å². The highest BCUT2D eigenvalue weighted by Crippen LogP contribution is 2.30. The van der Waals surface area contributed by atoms with Crippen LogP contribution in [0, 0.1) is 6.92 Å². The quantitative estimate of drug-likeness (QED) is 0.778. The van der Waals surface area contributed by atoms with Gasteiger partial charge in [0.05, 0.1) is 5.56 Å². The second-order valence-electron chi connectivity index (χ2n) is 5.87. The minimum atomic E-state index is -0.129. The number of aliphatic imine (C=N–C) groups is 1. The SMILES string of the molecule is Cc1ccc(Cc2[nH][nH]c(=O)c2/C=C2/C=Nc3ncccc32)cc1. The first-order chi connectivity index (χ1) is 11.7. The molecule has 5 nitrogen and oxygen atoms in total. The van der Waals surface area contributed by atoms with Crippen LogP contribution in [-0.4, -0.2) is 21.4 Å². The maximum absolute atomic E-state index is 12.2. The van der Waals surface area contributed by atoms with Crippen molar-refractivity contribution >= 4 is 23.7 Å². The van der Waals surface area contributed by atoms with Crippen LogP contribution in [0.5, 0.6) is 0 Å². The van der Waals surface area contributed by atoms with Gasteiger partial charge in [0.1, 0.15) is 0 Å². The van der Waals surface area contributed by atoms with Gasteiger partial charge in [-0.25, -0.2) is 9.98 Å². The van der Waals surface area contributed by atoms with Crippen molar-refractivity contribution in [1.82, 2.24) is 15.2 Å². The third kappa shape index (κ3) is 2.60. The van der Waals surface area contributed by atoms with Gasteiger partial charge in [0, 0.05) is 35.7 Å². The van der Waals surface area contributed by atoms with Crippen LogP contribution >= 0.6 is 0 Å². The van der Waals surface area contributed by atoms with Crippen LogP contribution in [0.1, 0.15) is 27.9 Å². The lowest BCUT2D eigenvalue weighted by Gasteiger charge is -2.02. The van der Waals surface area contributed by atoms with Gasteiger partial charge in [0.2, 0.25) is 0 Å². The third-order valence-electron chi connectivity index (χ3n) is 4.12. The van der Waals surface area contributed by atoms with Crippen LogP contribution < -0.4 is 5.56 Å². The Labute approximate surface area is 138 Å². The number of aryl methyl sites for hydroxylation is 1. The molecule has 1 aliphatic rings. The number of pyridine rings is 1. The summed E-state index contributed by atoms with van der Waals surface area (Å²) in [6, 6.07) is 12.1. The molecule has 0 saturated heterocycles. The summed E-state index contributed by atoms with van der Waals surface area (Å²) in [5.41, 5.74) is 5.58. The standard InChI is InChI=1S/C19H16N4O/c1-12-4-6-13(7-5-12)9-17-16(19(24)23-22-17)10-14-11-21-18-15(14)3-2-8-20-18/h2-8,10-11H,9H2,1H3,(H2,22,23,24)/b14-10-. The highest BCUT2D eigenvalue weighted by Gasteiger charge is 2.15. The molecule has 3 aromatic rings. The molecule has 118 valence electrons. The van der Waals surface area contributed by atoms with E-state index in [0.29, 0.717) is 17.8 Å².